The van der Waals surface area contributed by atoms with Crippen molar-refractivity contribution < 1.29 is 22.8 Å². The minimum Gasteiger partial charge on any atom is -0.339 e. The highest BCUT2D eigenvalue weighted by Gasteiger charge is 2.30. The Bertz CT molecular complexity index is 547. The second kappa shape index (κ2) is 6.37. The van der Waals surface area contributed by atoms with Gasteiger partial charge in [-0.1, -0.05) is 12.1 Å². The van der Waals surface area contributed by atoms with Crippen molar-refractivity contribution in [1.29, 1.82) is 0 Å². The number of alkyl halides is 3. The summed E-state index contributed by atoms with van der Waals surface area (Å²) in [5.74, 6) is -0.155. The van der Waals surface area contributed by atoms with E-state index in [9.17, 15) is 22.8 Å². The first kappa shape index (κ1) is 16.3. The lowest BCUT2D eigenvalue weighted by Crippen LogP contribution is -2.50. The Hall–Kier alpha value is -2.05. The second-order valence-electron chi connectivity index (χ2n) is 5.26. The summed E-state index contributed by atoms with van der Waals surface area (Å²) in [6, 6.07) is 4.62. The molecule has 1 saturated heterocycles. The number of piperazine rings is 1. The maximum atomic E-state index is 12.5. The van der Waals surface area contributed by atoms with E-state index in [0.29, 0.717) is 31.7 Å². The third-order valence-corrected chi connectivity index (χ3v) is 3.71. The first-order valence-corrected chi connectivity index (χ1v) is 6.97. The summed E-state index contributed by atoms with van der Waals surface area (Å²) in [6.45, 7) is 3.39. The maximum absolute atomic E-state index is 12.5. The number of rotatable bonds is 2. The summed E-state index contributed by atoms with van der Waals surface area (Å²) in [5.41, 5.74) is -0.175. The molecule has 1 heterocycles. The van der Waals surface area contributed by atoms with E-state index in [1.807, 2.05) is 0 Å². The summed E-state index contributed by atoms with van der Waals surface area (Å²) in [4.78, 5) is 26.6. The van der Waals surface area contributed by atoms with Crippen molar-refractivity contribution in [2.75, 3.05) is 26.2 Å². The molecule has 1 aromatic rings. The quantitative estimate of drug-likeness (QED) is 0.837. The van der Waals surface area contributed by atoms with Crippen molar-refractivity contribution in [3.05, 3.63) is 35.4 Å². The highest BCUT2D eigenvalue weighted by Crippen LogP contribution is 2.29. The standard InChI is InChI=1S/C15H17F3N2O2/c1-11(21)19-6-8-20(9-7-19)14(22)10-12-2-4-13(5-3-12)15(16,17)18/h2-5H,6-10H2,1H3. The fourth-order valence-corrected chi connectivity index (χ4v) is 2.37. The van der Waals surface area contributed by atoms with E-state index in [0.717, 1.165) is 12.1 Å². The van der Waals surface area contributed by atoms with Gasteiger partial charge in [0.15, 0.2) is 0 Å². The minimum absolute atomic E-state index is 0.0187. The molecule has 2 rings (SSSR count). The highest BCUT2D eigenvalue weighted by molar-refractivity contribution is 5.79. The van der Waals surface area contributed by atoms with Crippen LogP contribution in [0, 0.1) is 0 Å². The Kier molecular flexibility index (Phi) is 4.73. The Morgan fingerprint density at radius 1 is 1.00 bits per heavy atom. The van der Waals surface area contributed by atoms with Crippen LogP contribution in [0.5, 0.6) is 0 Å². The van der Waals surface area contributed by atoms with Crippen molar-refractivity contribution in [3.8, 4) is 0 Å². The van der Waals surface area contributed by atoms with E-state index in [-0.39, 0.29) is 18.2 Å². The van der Waals surface area contributed by atoms with E-state index >= 15 is 0 Å². The predicted octanol–water partition coefficient (Wildman–Crippen LogP) is 1.94. The number of carbonyl (C=O) groups excluding carboxylic acids is 2. The Morgan fingerprint density at radius 2 is 1.50 bits per heavy atom. The van der Waals surface area contributed by atoms with Gasteiger partial charge < -0.3 is 9.80 Å². The van der Waals surface area contributed by atoms with Crippen LogP contribution in [0.3, 0.4) is 0 Å². The fourth-order valence-electron chi connectivity index (χ4n) is 2.37. The molecule has 7 heteroatoms. The van der Waals surface area contributed by atoms with Crippen molar-refractivity contribution in [2.24, 2.45) is 0 Å². The monoisotopic (exact) mass is 314 g/mol. The topological polar surface area (TPSA) is 40.6 Å². The van der Waals surface area contributed by atoms with Gasteiger partial charge in [0.2, 0.25) is 11.8 Å². The lowest BCUT2D eigenvalue weighted by atomic mass is 10.1. The van der Waals surface area contributed by atoms with Gasteiger partial charge in [-0.15, -0.1) is 0 Å². The van der Waals surface area contributed by atoms with Gasteiger partial charge >= 0.3 is 6.18 Å². The number of benzene rings is 1. The van der Waals surface area contributed by atoms with Gasteiger partial charge in [-0.25, -0.2) is 0 Å². The van der Waals surface area contributed by atoms with Crippen molar-refractivity contribution in [3.63, 3.8) is 0 Å². The van der Waals surface area contributed by atoms with Crippen molar-refractivity contribution >= 4 is 11.8 Å². The Balaban J connectivity index is 1.91. The molecule has 1 aliphatic rings. The molecule has 0 spiro atoms. The van der Waals surface area contributed by atoms with Crippen LogP contribution in [0.1, 0.15) is 18.1 Å². The van der Waals surface area contributed by atoms with E-state index < -0.39 is 11.7 Å². The SMILES string of the molecule is CC(=O)N1CCN(C(=O)Cc2ccc(C(F)(F)F)cc2)CC1. The molecule has 1 fully saturated rings. The fraction of sp³-hybridized carbons (Fsp3) is 0.467. The summed E-state index contributed by atoms with van der Waals surface area (Å²) >= 11 is 0. The number of hydrogen-bond acceptors (Lipinski definition) is 2. The lowest BCUT2D eigenvalue weighted by molar-refractivity contribution is -0.138. The van der Waals surface area contributed by atoms with Gasteiger partial charge in [0.25, 0.3) is 0 Å². The smallest absolute Gasteiger partial charge is 0.339 e. The summed E-state index contributed by atoms with van der Waals surface area (Å²) in [6.07, 6.45) is -4.30. The zero-order valence-corrected chi connectivity index (χ0v) is 12.2. The zero-order chi connectivity index (χ0) is 16.3. The van der Waals surface area contributed by atoms with Crippen LogP contribution in [0.2, 0.25) is 0 Å². The van der Waals surface area contributed by atoms with Crippen molar-refractivity contribution in [2.45, 2.75) is 19.5 Å². The molecule has 0 atom stereocenters. The summed E-state index contributed by atoms with van der Waals surface area (Å²) in [7, 11) is 0. The van der Waals surface area contributed by atoms with E-state index in [2.05, 4.69) is 0 Å². The van der Waals surface area contributed by atoms with Gasteiger partial charge in [-0.05, 0) is 17.7 Å². The molecule has 2 amide bonds. The molecule has 4 nitrogen and oxygen atoms in total. The van der Waals surface area contributed by atoms with Gasteiger partial charge in [-0.2, -0.15) is 13.2 Å². The molecule has 0 unspecified atom stereocenters. The number of hydrogen-bond donors (Lipinski definition) is 0. The number of carbonyl (C=O) groups is 2. The van der Waals surface area contributed by atoms with Crippen LogP contribution in [0.15, 0.2) is 24.3 Å². The first-order chi connectivity index (χ1) is 10.3. The van der Waals surface area contributed by atoms with Crippen LogP contribution in [-0.2, 0) is 22.2 Å². The molecular weight excluding hydrogens is 297 g/mol. The maximum Gasteiger partial charge on any atom is 0.416 e. The molecule has 120 valence electrons. The second-order valence-corrected chi connectivity index (χ2v) is 5.26. The largest absolute Gasteiger partial charge is 0.416 e. The Labute approximate surface area is 126 Å². The summed E-state index contributed by atoms with van der Waals surface area (Å²) < 4.78 is 37.4. The van der Waals surface area contributed by atoms with Gasteiger partial charge in [0, 0.05) is 33.1 Å². The molecule has 0 aliphatic carbocycles. The van der Waals surface area contributed by atoms with Crippen LogP contribution >= 0.6 is 0 Å². The number of halogens is 3. The zero-order valence-electron chi connectivity index (χ0n) is 12.2. The lowest BCUT2D eigenvalue weighted by Gasteiger charge is -2.34. The van der Waals surface area contributed by atoms with Crippen LogP contribution in [0.4, 0.5) is 13.2 Å². The average molecular weight is 314 g/mol. The number of nitrogens with zero attached hydrogens (tertiary/aromatic N) is 2. The van der Waals surface area contributed by atoms with Gasteiger partial charge in [0.1, 0.15) is 0 Å². The number of amides is 2. The molecule has 0 bridgehead atoms. The minimum atomic E-state index is -4.37. The Morgan fingerprint density at radius 3 is 1.95 bits per heavy atom. The molecule has 0 N–H and O–H groups in total. The molecule has 0 radical (unpaired) electrons. The molecular formula is C15H17F3N2O2. The molecule has 1 aliphatic heterocycles. The van der Waals surface area contributed by atoms with Gasteiger partial charge in [-0.3, -0.25) is 9.59 Å². The highest BCUT2D eigenvalue weighted by atomic mass is 19.4. The van der Waals surface area contributed by atoms with Crippen LogP contribution < -0.4 is 0 Å². The van der Waals surface area contributed by atoms with E-state index in [1.165, 1.54) is 19.1 Å². The normalized spacial score (nSPS) is 15.8. The van der Waals surface area contributed by atoms with Crippen LogP contribution in [-0.4, -0.2) is 47.8 Å². The third-order valence-electron chi connectivity index (χ3n) is 3.71. The van der Waals surface area contributed by atoms with Crippen LogP contribution in [0.25, 0.3) is 0 Å². The predicted molar refractivity (Wildman–Crippen MR) is 74.0 cm³/mol. The average Bonchev–Trinajstić information content (AvgIpc) is 2.47. The van der Waals surface area contributed by atoms with Crippen molar-refractivity contribution in [1.82, 2.24) is 9.80 Å². The molecule has 0 aromatic heterocycles. The summed E-state index contributed by atoms with van der Waals surface area (Å²) in [5, 5.41) is 0. The van der Waals surface area contributed by atoms with E-state index in [1.54, 1.807) is 9.80 Å². The third kappa shape index (κ3) is 3.99. The molecule has 0 saturated carbocycles. The van der Waals surface area contributed by atoms with Gasteiger partial charge in [0.05, 0.1) is 12.0 Å². The molecule has 22 heavy (non-hydrogen) atoms. The van der Waals surface area contributed by atoms with E-state index in [4.69, 9.17) is 0 Å². The first-order valence-electron chi connectivity index (χ1n) is 6.97. The molecule has 1 aromatic carbocycles.